The van der Waals surface area contributed by atoms with E-state index in [2.05, 4.69) is 17.1 Å². The zero-order valence-electron chi connectivity index (χ0n) is 13.5. The van der Waals surface area contributed by atoms with E-state index in [4.69, 9.17) is 0 Å². The smallest absolute Gasteiger partial charge is 0.220 e. The zero-order chi connectivity index (χ0) is 15.8. The summed E-state index contributed by atoms with van der Waals surface area (Å²) in [5, 5.41) is 2.94. The van der Waals surface area contributed by atoms with E-state index in [-0.39, 0.29) is 11.7 Å². The lowest BCUT2D eigenvalue weighted by Gasteiger charge is -2.30. The minimum atomic E-state index is -0.227. The molecule has 1 atom stereocenters. The largest absolute Gasteiger partial charge is 0.356 e. The van der Waals surface area contributed by atoms with E-state index in [1.807, 2.05) is 0 Å². The van der Waals surface area contributed by atoms with Gasteiger partial charge in [0.05, 0.1) is 0 Å². The van der Waals surface area contributed by atoms with Gasteiger partial charge < -0.3 is 10.2 Å². The summed E-state index contributed by atoms with van der Waals surface area (Å²) < 4.78 is 13.4. The van der Waals surface area contributed by atoms with Crippen molar-refractivity contribution in [2.75, 3.05) is 26.2 Å². The summed E-state index contributed by atoms with van der Waals surface area (Å²) in [6.07, 6.45) is 4.42. The van der Waals surface area contributed by atoms with E-state index in [1.165, 1.54) is 32.0 Å². The summed E-state index contributed by atoms with van der Waals surface area (Å²) in [6, 6.07) is 6.64. The molecule has 1 amide bonds. The average Bonchev–Trinajstić information content (AvgIpc) is 2.51. The number of rotatable bonds is 7. The first kappa shape index (κ1) is 16.9. The molecular formula is C18H27FN2O. The average molecular weight is 306 g/mol. The molecule has 1 saturated heterocycles. The first-order chi connectivity index (χ1) is 10.6. The number of piperidine rings is 1. The van der Waals surface area contributed by atoms with Gasteiger partial charge in [0.15, 0.2) is 0 Å². The number of hydrogen-bond acceptors (Lipinski definition) is 2. The van der Waals surface area contributed by atoms with Gasteiger partial charge in [-0.3, -0.25) is 4.79 Å². The Bertz CT molecular complexity index is 478. The van der Waals surface area contributed by atoms with Crippen LogP contribution in [0.2, 0.25) is 0 Å². The second-order valence-corrected chi connectivity index (χ2v) is 6.34. The molecule has 1 aromatic rings. The molecule has 1 aliphatic heterocycles. The van der Waals surface area contributed by atoms with Crippen molar-refractivity contribution in [3.05, 3.63) is 35.6 Å². The lowest BCUT2D eigenvalue weighted by atomic mass is 10.0. The molecular weight excluding hydrogens is 279 g/mol. The Morgan fingerprint density at radius 3 is 3.00 bits per heavy atom. The maximum absolute atomic E-state index is 13.4. The van der Waals surface area contributed by atoms with Gasteiger partial charge in [0.2, 0.25) is 5.91 Å². The van der Waals surface area contributed by atoms with Gasteiger partial charge in [0, 0.05) is 19.5 Å². The quantitative estimate of drug-likeness (QED) is 0.786. The summed E-state index contributed by atoms with van der Waals surface area (Å²) in [7, 11) is 0. The fraction of sp³-hybridized carbons (Fsp3) is 0.611. The molecule has 1 N–H and O–H groups in total. The molecule has 1 heterocycles. The van der Waals surface area contributed by atoms with Gasteiger partial charge in [-0.1, -0.05) is 25.1 Å². The predicted octanol–water partition coefficient (Wildman–Crippen LogP) is 3.00. The Hall–Kier alpha value is -1.42. The lowest BCUT2D eigenvalue weighted by molar-refractivity contribution is -0.121. The molecule has 0 radical (unpaired) electrons. The molecule has 1 unspecified atom stereocenters. The number of carbonyl (C=O) groups is 1. The van der Waals surface area contributed by atoms with Crippen LogP contribution in [0.1, 0.15) is 38.2 Å². The maximum Gasteiger partial charge on any atom is 0.220 e. The van der Waals surface area contributed by atoms with Gasteiger partial charge >= 0.3 is 0 Å². The van der Waals surface area contributed by atoms with Crippen molar-refractivity contribution in [1.82, 2.24) is 10.2 Å². The molecule has 4 heteroatoms. The number of carbonyl (C=O) groups excluding carboxylic acids is 1. The number of aryl methyl sites for hydroxylation is 1. The van der Waals surface area contributed by atoms with Crippen LogP contribution in [0.5, 0.6) is 0 Å². The van der Waals surface area contributed by atoms with Crippen molar-refractivity contribution in [2.45, 2.75) is 39.0 Å². The monoisotopic (exact) mass is 306 g/mol. The molecule has 1 aromatic carbocycles. The standard InChI is InChI=1S/C18H27FN2O/c1-15-6-4-12-21(14-15)13-5-11-20-18(22)10-9-16-7-2-3-8-17(16)19/h2-3,7-8,15H,4-6,9-14H2,1H3,(H,20,22). The number of hydrogen-bond donors (Lipinski definition) is 1. The Labute approximate surface area is 132 Å². The van der Waals surface area contributed by atoms with E-state index >= 15 is 0 Å². The molecule has 0 saturated carbocycles. The Balaban J connectivity index is 1.57. The van der Waals surface area contributed by atoms with Gasteiger partial charge in [-0.2, -0.15) is 0 Å². The lowest BCUT2D eigenvalue weighted by Crippen LogP contribution is -2.36. The summed E-state index contributed by atoms with van der Waals surface area (Å²) in [6.45, 7) is 6.43. The van der Waals surface area contributed by atoms with E-state index in [0.29, 0.717) is 24.9 Å². The van der Waals surface area contributed by atoms with Crippen molar-refractivity contribution in [1.29, 1.82) is 0 Å². The Morgan fingerprint density at radius 2 is 2.23 bits per heavy atom. The number of nitrogens with zero attached hydrogens (tertiary/aromatic N) is 1. The predicted molar refractivity (Wildman–Crippen MR) is 87.2 cm³/mol. The Kier molecular flexibility index (Phi) is 6.84. The van der Waals surface area contributed by atoms with Gasteiger partial charge in [0.25, 0.3) is 0 Å². The number of nitrogens with one attached hydrogen (secondary N) is 1. The van der Waals surface area contributed by atoms with Crippen molar-refractivity contribution < 1.29 is 9.18 Å². The van der Waals surface area contributed by atoms with Crippen molar-refractivity contribution in [3.63, 3.8) is 0 Å². The highest BCUT2D eigenvalue weighted by Gasteiger charge is 2.15. The Morgan fingerprint density at radius 1 is 1.41 bits per heavy atom. The van der Waals surface area contributed by atoms with Crippen LogP contribution in [0.4, 0.5) is 4.39 Å². The molecule has 122 valence electrons. The van der Waals surface area contributed by atoms with Gasteiger partial charge in [-0.25, -0.2) is 4.39 Å². The van der Waals surface area contributed by atoms with E-state index in [0.717, 1.165) is 18.9 Å². The molecule has 0 aliphatic carbocycles. The van der Waals surface area contributed by atoms with Crippen LogP contribution < -0.4 is 5.32 Å². The zero-order valence-corrected chi connectivity index (χ0v) is 13.5. The topological polar surface area (TPSA) is 32.3 Å². The highest BCUT2D eigenvalue weighted by atomic mass is 19.1. The fourth-order valence-electron chi connectivity index (χ4n) is 3.06. The van der Waals surface area contributed by atoms with Crippen LogP contribution >= 0.6 is 0 Å². The SMILES string of the molecule is CC1CCCN(CCCNC(=O)CCc2ccccc2F)C1. The first-order valence-electron chi connectivity index (χ1n) is 8.37. The highest BCUT2D eigenvalue weighted by Crippen LogP contribution is 2.15. The first-order valence-corrected chi connectivity index (χ1v) is 8.37. The van der Waals surface area contributed by atoms with E-state index < -0.39 is 0 Å². The number of amides is 1. The number of likely N-dealkylation sites (tertiary alicyclic amines) is 1. The van der Waals surface area contributed by atoms with Gasteiger partial charge in [0.1, 0.15) is 5.82 Å². The van der Waals surface area contributed by atoms with E-state index in [9.17, 15) is 9.18 Å². The molecule has 1 fully saturated rings. The van der Waals surface area contributed by atoms with Crippen molar-refractivity contribution in [2.24, 2.45) is 5.92 Å². The second kappa shape index (κ2) is 8.89. The number of halogens is 1. The van der Waals surface area contributed by atoms with E-state index in [1.54, 1.807) is 18.2 Å². The van der Waals surface area contributed by atoms with Gasteiger partial charge in [-0.05, 0) is 56.3 Å². The molecule has 22 heavy (non-hydrogen) atoms. The molecule has 2 rings (SSSR count). The van der Waals surface area contributed by atoms with Crippen LogP contribution in [-0.2, 0) is 11.2 Å². The fourth-order valence-corrected chi connectivity index (χ4v) is 3.06. The second-order valence-electron chi connectivity index (χ2n) is 6.34. The third kappa shape index (κ3) is 5.76. The summed E-state index contributed by atoms with van der Waals surface area (Å²) in [5.41, 5.74) is 0.611. The van der Waals surface area contributed by atoms with Crippen molar-refractivity contribution >= 4 is 5.91 Å². The maximum atomic E-state index is 13.4. The molecule has 3 nitrogen and oxygen atoms in total. The van der Waals surface area contributed by atoms with Crippen LogP contribution in [0.15, 0.2) is 24.3 Å². The summed E-state index contributed by atoms with van der Waals surface area (Å²) >= 11 is 0. The van der Waals surface area contributed by atoms with Crippen LogP contribution in [0.25, 0.3) is 0 Å². The molecule has 0 aromatic heterocycles. The highest BCUT2D eigenvalue weighted by molar-refractivity contribution is 5.76. The normalized spacial score (nSPS) is 19.1. The third-order valence-corrected chi connectivity index (χ3v) is 4.29. The number of benzene rings is 1. The third-order valence-electron chi connectivity index (χ3n) is 4.29. The van der Waals surface area contributed by atoms with Crippen LogP contribution in [0.3, 0.4) is 0 Å². The minimum Gasteiger partial charge on any atom is -0.356 e. The minimum absolute atomic E-state index is 0.00950. The van der Waals surface area contributed by atoms with Gasteiger partial charge in [-0.15, -0.1) is 0 Å². The molecule has 0 bridgehead atoms. The van der Waals surface area contributed by atoms with Crippen LogP contribution in [0, 0.1) is 11.7 Å². The van der Waals surface area contributed by atoms with Crippen LogP contribution in [-0.4, -0.2) is 37.0 Å². The summed E-state index contributed by atoms with van der Waals surface area (Å²) in [5.74, 6) is 0.578. The molecule has 0 spiro atoms. The van der Waals surface area contributed by atoms with Crippen molar-refractivity contribution in [3.8, 4) is 0 Å². The summed E-state index contributed by atoms with van der Waals surface area (Å²) in [4.78, 5) is 14.3. The molecule has 1 aliphatic rings.